The topological polar surface area (TPSA) is 41.5 Å². The molecule has 0 aliphatic rings. The first-order valence-corrected chi connectivity index (χ1v) is 5.39. The van der Waals surface area contributed by atoms with Crippen molar-refractivity contribution in [2.24, 2.45) is 0 Å². The quantitative estimate of drug-likeness (QED) is 0.782. The van der Waals surface area contributed by atoms with Crippen molar-refractivity contribution >= 4 is 11.6 Å². The van der Waals surface area contributed by atoms with E-state index >= 15 is 0 Å². The summed E-state index contributed by atoms with van der Waals surface area (Å²) < 4.78 is 5.39. The van der Waals surface area contributed by atoms with Gasteiger partial charge in [0.1, 0.15) is 12.4 Å². The van der Waals surface area contributed by atoms with Gasteiger partial charge < -0.3 is 15.2 Å². The first-order chi connectivity index (χ1) is 7.29. The molecule has 0 heterocycles. The Morgan fingerprint density at radius 3 is 2.93 bits per heavy atom. The average Bonchev–Trinajstić information content (AvgIpc) is 2.25. The van der Waals surface area contributed by atoms with Gasteiger partial charge in [0.25, 0.3) is 0 Å². The molecule has 0 aliphatic carbocycles. The van der Waals surface area contributed by atoms with Gasteiger partial charge in [-0.15, -0.1) is 0 Å². The maximum absolute atomic E-state index is 8.70. The van der Waals surface area contributed by atoms with Crippen molar-refractivity contribution in [3.63, 3.8) is 0 Å². The summed E-state index contributed by atoms with van der Waals surface area (Å²) in [4.78, 5) is 0. The van der Waals surface area contributed by atoms with Crippen LogP contribution in [0, 0.1) is 0 Å². The SMILES string of the molecule is CCNCc1cccc(Cl)c1OCCO. The van der Waals surface area contributed by atoms with Crippen molar-refractivity contribution in [3.8, 4) is 5.75 Å². The molecule has 0 aromatic heterocycles. The first-order valence-electron chi connectivity index (χ1n) is 5.01. The Kier molecular flexibility index (Phi) is 5.47. The number of aliphatic hydroxyl groups is 1. The molecular weight excluding hydrogens is 214 g/mol. The summed E-state index contributed by atoms with van der Waals surface area (Å²) in [5.41, 5.74) is 1.01. The highest BCUT2D eigenvalue weighted by molar-refractivity contribution is 6.32. The van der Waals surface area contributed by atoms with Gasteiger partial charge in [-0.2, -0.15) is 0 Å². The maximum atomic E-state index is 8.70. The Labute approximate surface area is 95.0 Å². The summed E-state index contributed by atoms with van der Waals surface area (Å²) in [6, 6.07) is 5.63. The molecule has 4 heteroatoms. The molecule has 1 aromatic rings. The predicted molar refractivity (Wildman–Crippen MR) is 61.4 cm³/mol. The molecule has 0 fully saturated rings. The molecular formula is C11H16ClNO2. The molecule has 0 spiro atoms. The maximum Gasteiger partial charge on any atom is 0.142 e. The minimum Gasteiger partial charge on any atom is -0.489 e. The predicted octanol–water partition coefficient (Wildman–Crippen LogP) is 1.82. The van der Waals surface area contributed by atoms with Gasteiger partial charge in [0.05, 0.1) is 11.6 Å². The Morgan fingerprint density at radius 2 is 2.27 bits per heavy atom. The highest BCUT2D eigenvalue weighted by Gasteiger charge is 2.07. The summed E-state index contributed by atoms with van der Waals surface area (Å²) in [6.07, 6.45) is 0. The highest BCUT2D eigenvalue weighted by Crippen LogP contribution is 2.28. The number of nitrogens with one attached hydrogen (secondary N) is 1. The smallest absolute Gasteiger partial charge is 0.142 e. The Bertz CT molecular complexity index is 305. The van der Waals surface area contributed by atoms with Crippen LogP contribution in [0.15, 0.2) is 18.2 Å². The van der Waals surface area contributed by atoms with Gasteiger partial charge in [0.2, 0.25) is 0 Å². The molecule has 3 nitrogen and oxygen atoms in total. The lowest BCUT2D eigenvalue weighted by atomic mass is 10.2. The van der Waals surface area contributed by atoms with Crippen molar-refractivity contribution in [1.29, 1.82) is 0 Å². The molecule has 0 aliphatic heterocycles. The fourth-order valence-corrected chi connectivity index (χ4v) is 1.51. The van der Waals surface area contributed by atoms with Gasteiger partial charge in [0, 0.05) is 12.1 Å². The highest BCUT2D eigenvalue weighted by atomic mass is 35.5. The summed E-state index contributed by atoms with van der Waals surface area (Å²) in [5.74, 6) is 0.661. The molecule has 0 amide bonds. The van der Waals surface area contributed by atoms with E-state index in [0.29, 0.717) is 10.8 Å². The van der Waals surface area contributed by atoms with Gasteiger partial charge in [0.15, 0.2) is 0 Å². The number of hydrogen-bond acceptors (Lipinski definition) is 3. The number of benzene rings is 1. The Balaban J connectivity index is 2.77. The standard InChI is InChI=1S/C11H16ClNO2/c1-2-13-8-9-4-3-5-10(12)11(9)15-7-6-14/h3-5,13-14H,2,6-8H2,1H3. The van der Waals surface area contributed by atoms with E-state index in [4.69, 9.17) is 21.4 Å². The largest absolute Gasteiger partial charge is 0.489 e. The van der Waals surface area contributed by atoms with E-state index in [1.807, 2.05) is 19.1 Å². The second kappa shape index (κ2) is 6.67. The van der Waals surface area contributed by atoms with Crippen LogP contribution >= 0.6 is 11.6 Å². The minimum absolute atomic E-state index is 0.00807. The third kappa shape index (κ3) is 3.70. The van der Waals surface area contributed by atoms with E-state index in [2.05, 4.69) is 5.32 Å². The summed E-state index contributed by atoms with van der Waals surface area (Å²) in [5, 5.41) is 12.5. The second-order valence-corrected chi connectivity index (χ2v) is 3.49. The van der Waals surface area contributed by atoms with Crippen LogP contribution in [0.4, 0.5) is 0 Å². The third-order valence-electron chi connectivity index (χ3n) is 1.95. The van der Waals surface area contributed by atoms with Crippen LogP contribution in [-0.4, -0.2) is 24.9 Å². The summed E-state index contributed by atoms with van der Waals surface area (Å²) in [7, 11) is 0. The van der Waals surface area contributed by atoms with Crippen molar-refractivity contribution < 1.29 is 9.84 Å². The van der Waals surface area contributed by atoms with Gasteiger partial charge in [-0.1, -0.05) is 30.7 Å². The van der Waals surface area contributed by atoms with Crippen molar-refractivity contribution in [2.75, 3.05) is 19.8 Å². The number of ether oxygens (including phenoxy) is 1. The number of aliphatic hydroxyl groups excluding tert-OH is 1. The Hall–Kier alpha value is -0.770. The molecule has 2 N–H and O–H groups in total. The van der Waals surface area contributed by atoms with Crippen molar-refractivity contribution in [1.82, 2.24) is 5.32 Å². The molecule has 0 saturated heterocycles. The number of rotatable bonds is 6. The van der Waals surface area contributed by atoms with Crippen LogP contribution in [-0.2, 0) is 6.54 Å². The van der Waals surface area contributed by atoms with E-state index in [-0.39, 0.29) is 13.2 Å². The zero-order valence-electron chi connectivity index (χ0n) is 8.79. The van der Waals surface area contributed by atoms with E-state index in [9.17, 15) is 0 Å². The zero-order valence-corrected chi connectivity index (χ0v) is 9.55. The number of para-hydroxylation sites is 1. The molecule has 0 bridgehead atoms. The monoisotopic (exact) mass is 229 g/mol. The van der Waals surface area contributed by atoms with Crippen LogP contribution in [0.1, 0.15) is 12.5 Å². The molecule has 0 radical (unpaired) electrons. The van der Waals surface area contributed by atoms with E-state index in [1.54, 1.807) is 6.07 Å². The van der Waals surface area contributed by atoms with E-state index in [0.717, 1.165) is 18.7 Å². The minimum atomic E-state index is -0.00807. The lowest BCUT2D eigenvalue weighted by Crippen LogP contribution is -2.13. The normalized spacial score (nSPS) is 10.3. The zero-order chi connectivity index (χ0) is 11.1. The van der Waals surface area contributed by atoms with Crippen molar-refractivity contribution in [3.05, 3.63) is 28.8 Å². The second-order valence-electron chi connectivity index (χ2n) is 3.08. The average molecular weight is 230 g/mol. The fraction of sp³-hybridized carbons (Fsp3) is 0.455. The molecule has 1 aromatic carbocycles. The number of hydrogen-bond donors (Lipinski definition) is 2. The lowest BCUT2D eigenvalue weighted by molar-refractivity contribution is 0.200. The summed E-state index contributed by atoms with van der Waals surface area (Å²) in [6.45, 7) is 3.91. The Morgan fingerprint density at radius 1 is 1.47 bits per heavy atom. The molecule has 0 unspecified atom stereocenters. The lowest BCUT2D eigenvalue weighted by Gasteiger charge is -2.12. The van der Waals surface area contributed by atoms with Gasteiger partial charge in [-0.05, 0) is 12.6 Å². The van der Waals surface area contributed by atoms with E-state index < -0.39 is 0 Å². The third-order valence-corrected chi connectivity index (χ3v) is 2.25. The molecule has 1 rings (SSSR count). The van der Waals surface area contributed by atoms with Gasteiger partial charge in [-0.25, -0.2) is 0 Å². The molecule has 0 saturated carbocycles. The van der Waals surface area contributed by atoms with Gasteiger partial charge >= 0.3 is 0 Å². The van der Waals surface area contributed by atoms with Crippen LogP contribution < -0.4 is 10.1 Å². The first kappa shape index (κ1) is 12.3. The van der Waals surface area contributed by atoms with Crippen LogP contribution in [0.25, 0.3) is 0 Å². The summed E-state index contributed by atoms with van der Waals surface area (Å²) >= 11 is 6.01. The van der Waals surface area contributed by atoms with E-state index in [1.165, 1.54) is 0 Å². The molecule has 0 atom stereocenters. The van der Waals surface area contributed by atoms with Crippen LogP contribution in [0.2, 0.25) is 5.02 Å². The number of halogens is 1. The fourth-order valence-electron chi connectivity index (χ4n) is 1.26. The van der Waals surface area contributed by atoms with Gasteiger partial charge in [-0.3, -0.25) is 0 Å². The molecule has 84 valence electrons. The molecule has 15 heavy (non-hydrogen) atoms. The van der Waals surface area contributed by atoms with Crippen LogP contribution in [0.3, 0.4) is 0 Å². The van der Waals surface area contributed by atoms with Crippen molar-refractivity contribution in [2.45, 2.75) is 13.5 Å². The van der Waals surface area contributed by atoms with Crippen LogP contribution in [0.5, 0.6) is 5.75 Å².